The summed E-state index contributed by atoms with van der Waals surface area (Å²) >= 11 is 5.55. The molecule has 0 bridgehead atoms. The minimum Gasteiger partial charge on any atom is -0.484 e. The first kappa shape index (κ1) is 17.6. The summed E-state index contributed by atoms with van der Waals surface area (Å²) < 4.78 is 43.9. The molecule has 1 amide bonds. The topological polar surface area (TPSA) is 38.3 Å². The number of anilines is 1. The lowest BCUT2D eigenvalue weighted by Crippen LogP contribution is -2.20. The summed E-state index contributed by atoms with van der Waals surface area (Å²) in [7, 11) is 0. The molecule has 0 fully saturated rings. The number of rotatable bonds is 4. The maximum absolute atomic E-state index is 12.8. The number of carbonyl (C=O) groups is 1. The molecular formula is C18H15ClF3NO2. The normalized spacial score (nSPS) is 13.4. The SMILES string of the molecule is O=C(COc1ccc2c(c1)CCC2)Nc1ccc(Cl)c(C(F)(F)F)c1. The average molecular weight is 370 g/mol. The second-order valence-electron chi connectivity index (χ2n) is 5.81. The van der Waals surface area contributed by atoms with E-state index in [-0.39, 0.29) is 12.3 Å². The number of hydrogen-bond acceptors (Lipinski definition) is 2. The fraction of sp³-hybridized carbons (Fsp3) is 0.278. The largest absolute Gasteiger partial charge is 0.484 e. The van der Waals surface area contributed by atoms with Gasteiger partial charge in [-0.2, -0.15) is 13.2 Å². The predicted octanol–water partition coefficient (Wildman–Crippen LogP) is 4.87. The summed E-state index contributed by atoms with van der Waals surface area (Å²) in [5, 5.41) is 1.96. The number of alkyl halides is 3. The number of benzene rings is 2. The number of fused-ring (bicyclic) bond motifs is 1. The van der Waals surface area contributed by atoms with Crippen LogP contribution in [0.3, 0.4) is 0 Å². The molecule has 0 aliphatic heterocycles. The van der Waals surface area contributed by atoms with Gasteiger partial charge in [-0.15, -0.1) is 0 Å². The van der Waals surface area contributed by atoms with Crippen LogP contribution in [0.15, 0.2) is 36.4 Å². The lowest BCUT2D eigenvalue weighted by molar-refractivity contribution is -0.137. The highest BCUT2D eigenvalue weighted by Gasteiger charge is 2.33. The first-order valence-electron chi connectivity index (χ1n) is 7.74. The van der Waals surface area contributed by atoms with Crippen LogP contribution in [-0.2, 0) is 23.8 Å². The molecule has 132 valence electrons. The number of amides is 1. The van der Waals surface area contributed by atoms with Crippen LogP contribution in [0.25, 0.3) is 0 Å². The maximum Gasteiger partial charge on any atom is 0.417 e. The lowest BCUT2D eigenvalue weighted by Gasteiger charge is -2.12. The molecule has 0 saturated heterocycles. The van der Waals surface area contributed by atoms with Crippen molar-refractivity contribution in [2.75, 3.05) is 11.9 Å². The van der Waals surface area contributed by atoms with E-state index in [0.717, 1.165) is 31.4 Å². The molecule has 0 aromatic heterocycles. The molecule has 7 heteroatoms. The Morgan fingerprint density at radius 3 is 2.64 bits per heavy atom. The zero-order valence-corrected chi connectivity index (χ0v) is 13.9. The van der Waals surface area contributed by atoms with Crippen molar-refractivity contribution in [1.29, 1.82) is 0 Å². The summed E-state index contributed by atoms with van der Waals surface area (Å²) in [5.74, 6) is 0.0267. The number of ether oxygens (including phenoxy) is 1. The monoisotopic (exact) mass is 369 g/mol. The summed E-state index contributed by atoms with van der Waals surface area (Å²) in [4.78, 5) is 11.9. The van der Waals surface area contributed by atoms with Crippen molar-refractivity contribution in [1.82, 2.24) is 0 Å². The van der Waals surface area contributed by atoms with Gasteiger partial charge in [0, 0.05) is 5.69 Å². The Balaban J connectivity index is 1.61. The molecule has 0 atom stereocenters. The number of halogens is 4. The van der Waals surface area contributed by atoms with Crippen LogP contribution < -0.4 is 10.1 Å². The van der Waals surface area contributed by atoms with E-state index in [2.05, 4.69) is 5.32 Å². The second kappa shape index (κ2) is 6.96. The number of carbonyl (C=O) groups excluding carboxylic acids is 1. The Kier molecular flexibility index (Phi) is 4.90. The van der Waals surface area contributed by atoms with Gasteiger partial charge in [0.2, 0.25) is 0 Å². The van der Waals surface area contributed by atoms with Gasteiger partial charge in [-0.05, 0) is 60.7 Å². The van der Waals surface area contributed by atoms with Gasteiger partial charge in [0.05, 0.1) is 10.6 Å². The zero-order chi connectivity index (χ0) is 18.0. The van der Waals surface area contributed by atoms with Gasteiger partial charge >= 0.3 is 6.18 Å². The molecular weight excluding hydrogens is 355 g/mol. The molecule has 3 nitrogen and oxygen atoms in total. The lowest BCUT2D eigenvalue weighted by atomic mass is 10.1. The molecule has 2 aromatic carbocycles. The Hall–Kier alpha value is -2.21. The van der Waals surface area contributed by atoms with Crippen molar-refractivity contribution in [3.8, 4) is 5.75 Å². The Bertz CT molecular complexity index is 805. The third-order valence-corrected chi connectivity index (χ3v) is 4.32. The van der Waals surface area contributed by atoms with Gasteiger partial charge in [0.25, 0.3) is 5.91 Å². The fourth-order valence-corrected chi connectivity index (χ4v) is 3.03. The molecule has 0 radical (unpaired) electrons. The van der Waals surface area contributed by atoms with Crippen LogP contribution in [-0.4, -0.2) is 12.5 Å². The number of hydrogen-bond donors (Lipinski definition) is 1. The Morgan fingerprint density at radius 1 is 1.12 bits per heavy atom. The Labute approximate surface area is 147 Å². The first-order valence-corrected chi connectivity index (χ1v) is 8.12. The van der Waals surface area contributed by atoms with Gasteiger partial charge in [0.1, 0.15) is 5.75 Å². The Morgan fingerprint density at radius 2 is 1.88 bits per heavy atom. The second-order valence-corrected chi connectivity index (χ2v) is 6.22. The summed E-state index contributed by atoms with van der Waals surface area (Å²) in [6, 6.07) is 8.88. The van der Waals surface area contributed by atoms with Gasteiger partial charge in [-0.25, -0.2) is 0 Å². The van der Waals surface area contributed by atoms with Crippen molar-refractivity contribution in [2.24, 2.45) is 0 Å². The smallest absolute Gasteiger partial charge is 0.417 e. The van der Waals surface area contributed by atoms with E-state index in [0.29, 0.717) is 5.75 Å². The van der Waals surface area contributed by atoms with E-state index in [9.17, 15) is 18.0 Å². The van der Waals surface area contributed by atoms with E-state index in [1.54, 1.807) is 6.07 Å². The highest BCUT2D eigenvalue weighted by atomic mass is 35.5. The van der Waals surface area contributed by atoms with Crippen molar-refractivity contribution in [3.05, 3.63) is 58.1 Å². The molecule has 1 N–H and O–H groups in total. The quantitative estimate of drug-likeness (QED) is 0.835. The fourth-order valence-electron chi connectivity index (χ4n) is 2.80. The molecule has 0 spiro atoms. The highest BCUT2D eigenvalue weighted by Crippen LogP contribution is 2.36. The van der Waals surface area contributed by atoms with E-state index < -0.39 is 22.7 Å². The summed E-state index contributed by atoms with van der Waals surface area (Å²) in [5.41, 5.74) is 1.52. The highest BCUT2D eigenvalue weighted by molar-refractivity contribution is 6.31. The molecule has 2 aromatic rings. The zero-order valence-electron chi connectivity index (χ0n) is 13.1. The van der Waals surface area contributed by atoms with Crippen LogP contribution in [0.1, 0.15) is 23.1 Å². The van der Waals surface area contributed by atoms with Gasteiger partial charge < -0.3 is 10.1 Å². The van der Waals surface area contributed by atoms with Crippen LogP contribution >= 0.6 is 11.6 Å². The van der Waals surface area contributed by atoms with Crippen molar-refractivity contribution < 1.29 is 22.7 Å². The third kappa shape index (κ3) is 4.25. The van der Waals surface area contributed by atoms with E-state index >= 15 is 0 Å². The van der Waals surface area contributed by atoms with Gasteiger partial charge in [-0.3, -0.25) is 4.79 Å². The summed E-state index contributed by atoms with van der Waals surface area (Å²) in [6.45, 7) is -0.289. The van der Waals surface area contributed by atoms with E-state index in [4.69, 9.17) is 16.3 Å². The van der Waals surface area contributed by atoms with E-state index in [1.165, 1.54) is 17.2 Å². The maximum atomic E-state index is 12.8. The van der Waals surface area contributed by atoms with Crippen molar-refractivity contribution >= 4 is 23.2 Å². The molecule has 1 aliphatic carbocycles. The van der Waals surface area contributed by atoms with Crippen LogP contribution in [0.4, 0.5) is 18.9 Å². The standard InChI is InChI=1S/C18H15ClF3NO2/c19-16-7-5-13(9-15(16)18(20,21)22)23-17(24)10-25-14-6-4-11-2-1-3-12(11)8-14/h4-9H,1-3,10H2,(H,23,24). The van der Waals surface area contributed by atoms with Gasteiger partial charge in [-0.1, -0.05) is 17.7 Å². The minimum absolute atomic E-state index is 0.0132. The predicted molar refractivity (Wildman–Crippen MR) is 89.0 cm³/mol. The summed E-state index contributed by atoms with van der Waals surface area (Å²) in [6.07, 6.45) is -1.44. The van der Waals surface area contributed by atoms with Crippen LogP contribution in [0.5, 0.6) is 5.75 Å². The van der Waals surface area contributed by atoms with E-state index in [1.807, 2.05) is 12.1 Å². The number of nitrogens with one attached hydrogen (secondary N) is 1. The molecule has 25 heavy (non-hydrogen) atoms. The molecule has 0 heterocycles. The first-order chi connectivity index (χ1) is 11.8. The van der Waals surface area contributed by atoms with Crippen molar-refractivity contribution in [3.63, 3.8) is 0 Å². The average Bonchev–Trinajstić information content (AvgIpc) is 3.01. The van der Waals surface area contributed by atoms with Crippen molar-refractivity contribution in [2.45, 2.75) is 25.4 Å². The molecule has 0 saturated carbocycles. The van der Waals surface area contributed by atoms with Crippen LogP contribution in [0, 0.1) is 0 Å². The van der Waals surface area contributed by atoms with Crippen LogP contribution in [0.2, 0.25) is 5.02 Å². The number of aryl methyl sites for hydroxylation is 2. The minimum atomic E-state index is -4.58. The van der Waals surface area contributed by atoms with Gasteiger partial charge in [0.15, 0.2) is 6.61 Å². The molecule has 3 rings (SSSR count). The third-order valence-electron chi connectivity index (χ3n) is 4.00. The molecule has 1 aliphatic rings. The molecule has 0 unspecified atom stereocenters.